The van der Waals surface area contributed by atoms with Gasteiger partial charge in [0.1, 0.15) is 10.8 Å². The van der Waals surface area contributed by atoms with Gasteiger partial charge in [0.2, 0.25) is 0 Å². The molecule has 158 valence electrons. The Labute approximate surface area is 194 Å². The molecular weight excluding hydrogens is 445 g/mol. The second-order valence-electron chi connectivity index (χ2n) is 7.47. The fourth-order valence-corrected chi connectivity index (χ4v) is 4.16. The van der Waals surface area contributed by atoms with E-state index in [4.69, 9.17) is 27.6 Å². The van der Waals surface area contributed by atoms with E-state index in [2.05, 4.69) is 9.97 Å². The van der Waals surface area contributed by atoms with Crippen molar-refractivity contribution in [2.45, 2.75) is 13.5 Å². The summed E-state index contributed by atoms with van der Waals surface area (Å²) in [6, 6.07) is 18.9. The number of rotatable bonds is 5. The Morgan fingerprint density at radius 3 is 2.59 bits per heavy atom. The summed E-state index contributed by atoms with van der Waals surface area (Å²) in [4.78, 5) is 21.9. The average Bonchev–Trinajstić information content (AvgIpc) is 3.39. The molecule has 0 bridgehead atoms. The molecule has 2 aromatic carbocycles. The van der Waals surface area contributed by atoms with Crippen molar-refractivity contribution in [2.75, 3.05) is 0 Å². The van der Waals surface area contributed by atoms with Crippen LogP contribution in [0.5, 0.6) is 0 Å². The molecule has 3 heterocycles. The molecule has 0 saturated carbocycles. The third-order valence-corrected chi connectivity index (χ3v) is 5.90. The molecule has 5 aromatic rings. The SMILES string of the molecule is Cc1ccc2c(c1)c(C(=O)c1ncc(-c3ccccn3)o1)c(Cl)n2Cc1ccc(Cl)cc1. The lowest BCUT2D eigenvalue weighted by Gasteiger charge is -2.08. The number of nitrogens with zero attached hydrogens (tertiary/aromatic N) is 3. The monoisotopic (exact) mass is 461 g/mol. The van der Waals surface area contributed by atoms with E-state index in [1.54, 1.807) is 12.3 Å². The second kappa shape index (κ2) is 8.26. The smallest absolute Gasteiger partial charge is 0.269 e. The van der Waals surface area contributed by atoms with Crippen LogP contribution in [0.1, 0.15) is 27.4 Å². The van der Waals surface area contributed by atoms with Crippen molar-refractivity contribution < 1.29 is 9.21 Å². The molecule has 5 nitrogen and oxygen atoms in total. The largest absolute Gasteiger partial charge is 0.432 e. The number of ketones is 1. The van der Waals surface area contributed by atoms with E-state index in [1.807, 2.05) is 66.1 Å². The highest BCUT2D eigenvalue weighted by Crippen LogP contribution is 2.34. The van der Waals surface area contributed by atoms with Crippen molar-refractivity contribution in [3.05, 3.63) is 106 Å². The Hall–Kier alpha value is -3.41. The Balaban J connectivity index is 1.60. The molecule has 0 aliphatic heterocycles. The van der Waals surface area contributed by atoms with Crippen LogP contribution in [0.25, 0.3) is 22.4 Å². The van der Waals surface area contributed by atoms with Crippen LogP contribution >= 0.6 is 23.2 Å². The summed E-state index contributed by atoms with van der Waals surface area (Å²) in [7, 11) is 0. The second-order valence-corrected chi connectivity index (χ2v) is 8.27. The molecule has 0 atom stereocenters. The third-order valence-electron chi connectivity index (χ3n) is 5.25. The number of hydrogen-bond donors (Lipinski definition) is 0. The number of fused-ring (bicyclic) bond motifs is 1. The zero-order chi connectivity index (χ0) is 22.2. The summed E-state index contributed by atoms with van der Waals surface area (Å²) >= 11 is 12.8. The third kappa shape index (κ3) is 3.70. The minimum absolute atomic E-state index is 0.0281. The number of aryl methyl sites for hydroxylation is 1. The van der Waals surface area contributed by atoms with Crippen LogP contribution < -0.4 is 0 Å². The number of aromatic nitrogens is 3. The fraction of sp³-hybridized carbons (Fsp3) is 0.0800. The van der Waals surface area contributed by atoms with Crippen LogP contribution in [0.2, 0.25) is 10.2 Å². The van der Waals surface area contributed by atoms with E-state index in [0.29, 0.717) is 33.7 Å². The predicted octanol–water partition coefficient (Wildman–Crippen LogP) is 6.59. The van der Waals surface area contributed by atoms with Crippen LogP contribution in [0.3, 0.4) is 0 Å². The van der Waals surface area contributed by atoms with Gasteiger partial charge < -0.3 is 8.98 Å². The number of carbonyl (C=O) groups excluding carboxylic acids is 1. The predicted molar refractivity (Wildman–Crippen MR) is 125 cm³/mol. The van der Waals surface area contributed by atoms with Gasteiger partial charge in [-0.05, 0) is 48.9 Å². The summed E-state index contributed by atoms with van der Waals surface area (Å²) < 4.78 is 7.67. The molecule has 0 radical (unpaired) electrons. The molecule has 7 heteroatoms. The highest BCUT2D eigenvalue weighted by molar-refractivity contribution is 6.36. The van der Waals surface area contributed by atoms with Crippen LogP contribution in [0, 0.1) is 6.92 Å². The summed E-state index contributed by atoms with van der Waals surface area (Å²) in [5.74, 6) is 0.0217. The van der Waals surface area contributed by atoms with Gasteiger partial charge in [0.05, 0.1) is 17.3 Å². The molecule has 0 N–H and O–H groups in total. The molecule has 3 aromatic heterocycles. The van der Waals surface area contributed by atoms with Gasteiger partial charge in [-0.25, -0.2) is 4.98 Å². The number of halogens is 2. The van der Waals surface area contributed by atoms with E-state index in [1.165, 1.54) is 6.20 Å². The Kier molecular flexibility index (Phi) is 5.29. The van der Waals surface area contributed by atoms with Crippen molar-refractivity contribution in [3.8, 4) is 11.5 Å². The standard InChI is InChI=1S/C25H17Cl2N3O2/c1-15-5-10-20-18(12-15)22(24(27)30(20)14-16-6-8-17(26)9-7-16)23(31)25-29-13-21(32-25)19-4-2-3-11-28-19/h2-13H,14H2,1H3. The van der Waals surface area contributed by atoms with E-state index >= 15 is 0 Å². The van der Waals surface area contributed by atoms with Gasteiger partial charge in [-0.3, -0.25) is 9.78 Å². The summed E-state index contributed by atoms with van der Waals surface area (Å²) in [6.07, 6.45) is 3.16. The first kappa shape index (κ1) is 20.5. The Bertz CT molecular complexity index is 1440. The zero-order valence-electron chi connectivity index (χ0n) is 17.0. The van der Waals surface area contributed by atoms with Crippen LogP contribution in [0.15, 0.2) is 77.5 Å². The maximum Gasteiger partial charge on any atom is 0.269 e. The molecule has 0 fully saturated rings. The quantitative estimate of drug-likeness (QED) is 0.277. The maximum absolute atomic E-state index is 13.5. The van der Waals surface area contributed by atoms with E-state index < -0.39 is 0 Å². The lowest BCUT2D eigenvalue weighted by Crippen LogP contribution is -2.04. The molecule has 32 heavy (non-hydrogen) atoms. The van der Waals surface area contributed by atoms with Crippen LogP contribution in [0.4, 0.5) is 0 Å². The first-order chi connectivity index (χ1) is 15.5. The molecule has 0 spiro atoms. The van der Waals surface area contributed by atoms with Crippen molar-refractivity contribution in [3.63, 3.8) is 0 Å². The molecule has 0 saturated heterocycles. The average molecular weight is 462 g/mol. The van der Waals surface area contributed by atoms with Crippen molar-refractivity contribution in [2.24, 2.45) is 0 Å². The first-order valence-corrected chi connectivity index (χ1v) is 10.7. The van der Waals surface area contributed by atoms with Crippen LogP contribution in [-0.4, -0.2) is 20.3 Å². The Morgan fingerprint density at radius 1 is 1.03 bits per heavy atom. The molecule has 5 rings (SSSR count). The van der Waals surface area contributed by atoms with Gasteiger partial charge in [-0.1, -0.05) is 53.0 Å². The number of pyridine rings is 1. The lowest BCUT2D eigenvalue weighted by molar-refractivity contribution is 0.100. The molecule has 0 aliphatic rings. The zero-order valence-corrected chi connectivity index (χ0v) is 18.6. The van der Waals surface area contributed by atoms with Gasteiger partial charge in [-0.2, -0.15) is 0 Å². The summed E-state index contributed by atoms with van der Waals surface area (Å²) in [5.41, 5.74) is 3.87. The minimum atomic E-state index is -0.373. The number of hydrogen-bond acceptors (Lipinski definition) is 4. The van der Waals surface area contributed by atoms with Crippen molar-refractivity contribution >= 4 is 39.9 Å². The summed E-state index contributed by atoms with van der Waals surface area (Å²) in [5, 5.41) is 1.76. The highest BCUT2D eigenvalue weighted by Gasteiger charge is 2.26. The summed E-state index contributed by atoms with van der Waals surface area (Å²) in [6.45, 7) is 2.47. The minimum Gasteiger partial charge on any atom is -0.432 e. The normalized spacial score (nSPS) is 11.2. The Morgan fingerprint density at radius 2 is 1.84 bits per heavy atom. The van der Waals surface area contributed by atoms with Gasteiger partial charge in [0.15, 0.2) is 5.76 Å². The number of oxazole rings is 1. The molecule has 0 amide bonds. The van der Waals surface area contributed by atoms with Gasteiger partial charge >= 0.3 is 0 Å². The lowest BCUT2D eigenvalue weighted by atomic mass is 10.1. The van der Waals surface area contributed by atoms with Gasteiger partial charge in [-0.15, -0.1) is 0 Å². The maximum atomic E-state index is 13.5. The van der Waals surface area contributed by atoms with Gasteiger partial charge in [0.25, 0.3) is 11.7 Å². The van der Waals surface area contributed by atoms with E-state index in [-0.39, 0.29) is 11.7 Å². The van der Waals surface area contributed by atoms with Gasteiger partial charge in [0, 0.05) is 23.2 Å². The molecule has 0 unspecified atom stereocenters. The van der Waals surface area contributed by atoms with Crippen LogP contribution in [-0.2, 0) is 6.54 Å². The molecular formula is C25H17Cl2N3O2. The van der Waals surface area contributed by atoms with E-state index in [0.717, 1.165) is 22.0 Å². The first-order valence-electron chi connectivity index (χ1n) is 9.96. The fourth-order valence-electron chi connectivity index (χ4n) is 3.69. The molecule has 0 aliphatic carbocycles. The van der Waals surface area contributed by atoms with Crippen molar-refractivity contribution in [1.82, 2.24) is 14.5 Å². The van der Waals surface area contributed by atoms with Crippen molar-refractivity contribution in [1.29, 1.82) is 0 Å². The highest BCUT2D eigenvalue weighted by atomic mass is 35.5. The number of carbonyl (C=O) groups is 1. The topological polar surface area (TPSA) is 60.9 Å². The number of benzene rings is 2. The van der Waals surface area contributed by atoms with E-state index in [9.17, 15) is 4.79 Å².